The molecule has 2 heterocycles. The highest BCUT2D eigenvalue weighted by Crippen LogP contribution is 2.42. The minimum atomic E-state index is -0.709. The molecule has 0 bridgehead atoms. The molecule has 2 N–H and O–H groups in total. The van der Waals surface area contributed by atoms with E-state index in [1.807, 2.05) is 6.07 Å². The van der Waals surface area contributed by atoms with E-state index < -0.39 is 11.5 Å². The Hall–Kier alpha value is -2.71. The van der Waals surface area contributed by atoms with Crippen molar-refractivity contribution in [1.82, 2.24) is 0 Å². The van der Waals surface area contributed by atoms with Gasteiger partial charge in [0.2, 0.25) is 5.88 Å². The summed E-state index contributed by atoms with van der Waals surface area (Å²) in [5.74, 6) is -0.0609. The summed E-state index contributed by atoms with van der Waals surface area (Å²) in [5, 5.41) is 9.84. The number of nitriles is 1. The van der Waals surface area contributed by atoms with Crippen LogP contribution in [0.15, 0.2) is 51.0 Å². The van der Waals surface area contributed by atoms with Gasteiger partial charge in [-0.15, -0.1) is 0 Å². The zero-order valence-corrected chi connectivity index (χ0v) is 12.3. The molecule has 1 aliphatic rings. The first kappa shape index (κ1) is 14.2. The van der Waals surface area contributed by atoms with Crippen molar-refractivity contribution >= 4 is 11.6 Å². The van der Waals surface area contributed by atoms with Gasteiger partial charge in [0.25, 0.3) is 0 Å². The number of hydrogen-bond donors (Lipinski definition) is 1. The van der Waals surface area contributed by atoms with Gasteiger partial charge in [-0.2, -0.15) is 5.26 Å². The summed E-state index contributed by atoms with van der Waals surface area (Å²) >= 11 is 6.23. The second kappa shape index (κ2) is 5.24. The Kier molecular flexibility index (Phi) is 3.39. The van der Waals surface area contributed by atoms with Crippen molar-refractivity contribution in [2.45, 2.75) is 12.8 Å². The zero-order valence-electron chi connectivity index (χ0n) is 11.6. The molecule has 0 radical (unpaired) electrons. The van der Waals surface area contributed by atoms with Crippen LogP contribution in [-0.2, 0) is 0 Å². The maximum Gasteiger partial charge on any atom is 0.343 e. The van der Waals surface area contributed by atoms with Gasteiger partial charge in [0, 0.05) is 11.1 Å². The summed E-state index contributed by atoms with van der Waals surface area (Å²) in [7, 11) is 0. The van der Waals surface area contributed by atoms with Crippen molar-refractivity contribution in [2.75, 3.05) is 0 Å². The molecular weight excluding hydrogens is 304 g/mol. The lowest BCUT2D eigenvalue weighted by molar-refractivity contribution is 0.371. The summed E-state index contributed by atoms with van der Waals surface area (Å²) in [6.45, 7) is 1.63. The van der Waals surface area contributed by atoms with Crippen molar-refractivity contribution in [3.05, 3.63) is 74.1 Å². The largest absolute Gasteiger partial charge is 0.440 e. The van der Waals surface area contributed by atoms with Crippen LogP contribution in [0.2, 0.25) is 5.02 Å². The Bertz CT molecular complexity index is 893. The molecular formula is C16H11ClN2O3. The Morgan fingerprint density at radius 1 is 1.36 bits per heavy atom. The van der Waals surface area contributed by atoms with Crippen LogP contribution < -0.4 is 16.1 Å². The van der Waals surface area contributed by atoms with E-state index in [4.69, 9.17) is 26.5 Å². The van der Waals surface area contributed by atoms with Crippen molar-refractivity contribution in [3.8, 4) is 11.8 Å². The van der Waals surface area contributed by atoms with E-state index in [0.717, 1.165) is 0 Å². The number of nitrogens with zero attached hydrogens (tertiary/aromatic N) is 1. The third kappa shape index (κ3) is 2.14. The first-order valence-electron chi connectivity index (χ1n) is 6.49. The Labute approximate surface area is 131 Å². The second-order valence-corrected chi connectivity index (χ2v) is 5.28. The smallest absolute Gasteiger partial charge is 0.343 e. The van der Waals surface area contributed by atoms with Gasteiger partial charge in [0.05, 0.1) is 11.5 Å². The van der Waals surface area contributed by atoms with E-state index in [1.165, 1.54) is 0 Å². The second-order valence-electron chi connectivity index (χ2n) is 4.87. The maximum absolute atomic E-state index is 12.3. The fraction of sp³-hybridized carbons (Fsp3) is 0.125. The van der Waals surface area contributed by atoms with Crippen molar-refractivity contribution in [3.63, 3.8) is 0 Å². The van der Waals surface area contributed by atoms with Crippen molar-refractivity contribution in [2.24, 2.45) is 5.73 Å². The first-order valence-corrected chi connectivity index (χ1v) is 6.87. The van der Waals surface area contributed by atoms with E-state index >= 15 is 0 Å². The van der Waals surface area contributed by atoms with E-state index in [-0.39, 0.29) is 22.8 Å². The quantitative estimate of drug-likeness (QED) is 0.874. The van der Waals surface area contributed by atoms with Crippen LogP contribution in [-0.4, -0.2) is 0 Å². The highest BCUT2D eigenvalue weighted by Gasteiger charge is 2.35. The van der Waals surface area contributed by atoms with Gasteiger partial charge in [0.15, 0.2) is 0 Å². The van der Waals surface area contributed by atoms with Gasteiger partial charge in [-0.05, 0) is 18.6 Å². The van der Waals surface area contributed by atoms with Crippen LogP contribution in [0, 0.1) is 18.3 Å². The van der Waals surface area contributed by atoms with Crippen LogP contribution in [0.25, 0.3) is 0 Å². The summed E-state index contributed by atoms with van der Waals surface area (Å²) in [6.07, 6.45) is 0. The summed E-state index contributed by atoms with van der Waals surface area (Å²) in [4.78, 5) is 12.3. The molecule has 0 saturated carbocycles. The van der Waals surface area contributed by atoms with E-state index in [9.17, 15) is 10.1 Å². The van der Waals surface area contributed by atoms with Gasteiger partial charge in [0.1, 0.15) is 23.2 Å². The lowest BCUT2D eigenvalue weighted by atomic mass is 9.84. The number of nitrogens with two attached hydrogens (primary N) is 1. The van der Waals surface area contributed by atoms with Crippen LogP contribution in [0.4, 0.5) is 0 Å². The number of ether oxygens (including phenoxy) is 1. The van der Waals surface area contributed by atoms with Gasteiger partial charge < -0.3 is 14.9 Å². The summed E-state index contributed by atoms with van der Waals surface area (Å²) < 4.78 is 10.6. The normalized spacial score (nSPS) is 16.7. The molecule has 1 aliphatic heterocycles. The molecule has 1 atom stereocenters. The zero-order chi connectivity index (χ0) is 15.9. The minimum Gasteiger partial charge on any atom is -0.440 e. The fourth-order valence-corrected chi connectivity index (χ4v) is 2.78. The highest BCUT2D eigenvalue weighted by atomic mass is 35.5. The van der Waals surface area contributed by atoms with Gasteiger partial charge in [-0.3, -0.25) is 0 Å². The van der Waals surface area contributed by atoms with Gasteiger partial charge in [-0.1, -0.05) is 29.8 Å². The molecule has 3 rings (SSSR count). The number of fused-ring (bicyclic) bond motifs is 1. The van der Waals surface area contributed by atoms with Crippen molar-refractivity contribution in [1.29, 1.82) is 5.26 Å². The number of benzene rings is 1. The Balaban J connectivity index is 2.35. The first-order chi connectivity index (χ1) is 10.5. The predicted octanol–water partition coefficient (Wildman–Crippen LogP) is 2.82. The maximum atomic E-state index is 12.3. The van der Waals surface area contributed by atoms with Crippen LogP contribution in [0.3, 0.4) is 0 Å². The number of halogens is 1. The Morgan fingerprint density at radius 2 is 2.09 bits per heavy atom. The monoisotopic (exact) mass is 314 g/mol. The third-order valence-electron chi connectivity index (χ3n) is 3.47. The molecule has 0 spiro atoms. The molecule has 22 heavy (non-hydrogen) atoms. The number of aryl methyl sites for hydroxylation is 1. The number of hydrogen-bond acceptors (Lipinski definition) is 5. The lowest BCUT2D eigenvalue weighted by Gasteiger charge is -2.25. The number of allylic oxidation sites excluding steroid dienone is 1. The molecule has 1 aromatic carbocycles. The number of rotatable bonds is 1. The van der Waals surface area contributed by atoms with E-state index in [0.29, 0.717) is 16.3 Å². The molecule has 5 nitrogen and oxygen atoms in total. The minimum absolute atomic E-state index is 0.0371. The SMILES string of the molecule is Cc1cc2c(c(=O)o1)C(c1ccccc1Cl)C(C#N)=C(N)O2. The van der Waals surface area contributed by atoms with Crippen LogP contribution >= 0.6 is 11.6 Å². The lowest BCUT2D eigenvalue weighted by Crippen LogP contribution is -2.26. The van der Waals surface area contributed by atoms with Gasteiger partial charge >= 0.3 is 5.63 Å². The predicted molar refractivity (Wildman–Crippen MR) is 80.5 cm³/mol. The average molecular weight is 315 g/mol. The molecule has 6 heteroatoms. The molecule has 0 aliphatic carbocycles. The third-order valence-corrected chi connectivity index (χ3v) is 3.82. The fourth-order valence-electron chi connectivity index (χ4n) is 2.54. The van der Waals surface area contributed by atoms with Crippen LogP contribution in [0.1, 0.15) is 22.8 Å². The van der Waals surface area contributed by atoms with Crippen molar-refractivity contribution < 1.29 is 9.15 Å². The summed E-state index contributed by atoms with van der Waals surface area (Å²) in [6, 6.07) is 10.5. The molecule has 0 fully saturated rings. The van der Waals surface area contributed by atoms with Crippen LogP contribution in [0.5, 0.6) is 5.75 Å². The molecule has 2 aromatic rings. The standard InChI is InChI=1S/C16H11ClN2O3/c1-8-6-12-14(16(20)21-8)13(10(7-18)15(19)22-12)9-4-2-3-5-11(9)17/h2-6,13H,19H2,1H3. The summed E-state index contributed by atoms with van der Waals surface area (Å²) in [5.41, 5.74) is 6.24. The molecule has 110 valence electrons. The topological polar surface area (TPSA) is 89.2 Å². The van der Waals surface area contributed by atoms with E-state index in [2.05, 4.69) is 0 Å². The molecule has 0 saturated heterocycles. The highest BCUT2D eigenvalue weighted by molar-refractivity contribution is 6.31. The molecule has 0 amide bonds. The average Bonchev–Trinajstić information content (AvgIpc) is 2.46. The molecule has 1 aromatic heterocycles. The van der Waals surface area contributed by atoms with Gasteiger partial charge in [-0.25, -0.2) is 4.79 Å². The molecule has 1 unspecified atom stereocenters. The van der Waals surface area contributed by atoms with E-state index in [1.54, 1.807) is 37.3 Å². The Morgan fingerprint density at radius 3 is 2.77 bits per heavy atom.